The number of rotatable bonds is 7. The Kier molecular flexibility index (Phi) is 7.62. The molecule has 4 nitrogen and oxygen atoms in total. The lowest BCUT2D eigenvalue weighted by Gasteiger charge is -2.46. The molecule has 2 N–H and O–H groups in total. The Balaban J connectivity index is 1.57. The normalized spacial score (nSPS) is 28.2. The van der Waals surface area contributed by atoms with Crippen molar-refractivity contribution >= 4 is 17.7 Å². The van der Waals surface area contributed by atoms with Gasteiger partial charge in [0.2, 0.25) is 5.91 Å². The lowest BCUT2D eigenvalue weighted by atomic mass is 9.73. The van der Waals surface area contributed by atoms with Crippen molar-refractivity contribution < 1.29 is 9.90 Å². The molecule has 1 aromatic rings. The van der Waals surface area contributed by atoms with E-state index in [1.165, 1.54) is 39.0 Å². The number of fused-ring (bicyclic) bond motifs is 1. The van der Waals surface area contributed by atoms with Crippen molar-refractivity contribution in [2.24, 2.45) is 11.8 Å². The van der Waals surface area contributed by atoms with Gasteiger partial charge in [0, 0.05) is 36.7 Å². The summed E-state index contributed by atoms with van der Waals surface area (Å²) in [5, 5.41) is 13.9. The standard InChI is InChI=1S/C22H34N2O2S/c1-16-12-18-8-6-7-9-19(18)13-24(16)14-22(26)21(23-17(2)25)15-27-20-10-4-3-5-11-20/h3-5,10-11,16,18-19,21-22,26H,6-9,12-15H2,1-2H3,(H,23,25)/t16?,18-,19+,21?,22?/m0/s1. The van der Waals surface area contributed by atoms with Crippen LogP contribution in [0.5, 0.6) is 0 Å². The maximum Gasteiger partial charge on any atom is 0.217 e. The van der Waals surface area contributed by atoms with Gasteiger partial charge in [0.05, 0.1) is 12.1 Å². The zero-order valence-electron chi connectivity index (χ0n) is 16.6. The van der Waals surface area contributed by atoms with E-state index < -0.39 is 6.10 Å². The van der Waals surface area contributed by atoms with Gasteiger partial charge >= 0.3 is 0 Å². The number of likely N-dealkylation sites (tertiary alicyclic amines) is 1. The summed E-state index contributed by atoms with van der Waals surface area (Å²) in [5.41, 5.74) is 0. The Labute approximate surface area is 168 Å². The Morgan fingerprint density at radius 3 is 2.67 bits per heavy atom. The number of nitrogens with one attached hydrogen (secondary N) is 1. The summed E-state index contributed by atoms with van der Waals surface area (Å²) in [6.45, 7) is 5.57. The first-order valence-corrected chi connectivity index (χ1v) is 11.4. The van der Waals surface area contributed by atoms with E-state index in [1.54, 1.807) is 11.8 Å². The summed E-state index contributed by atoms with van der Waals surface area (Å²) in [4.78, 5) is 15.3. The lowest BCUT2D eigenvalue weighted by molar-refractivity contribution is -0.120. The molecule has 1 saturated heterocycles. The van der Waals surface area contributed by atoms with Crippen LogP contribution >= 0.6 is 11.8 Å². The minimum atomic E-state index is -0.548. The van der Waals surface area contributed by atoms with Crippen LogP contribution in [0.1, 0.15) is 46.0 Å². The van der Waals surface area contributed by atoms with Crippen molar-refractivity contribution in [3.63, 3.8) is 0 Å². The van der Waals surface area contributed by atoms with Crippen LogP contribution in [0.2, 0.25) is 0 Å². The van der Waals surface area contributed by atoms with Crippen molar-refractivity contribution in [2.75, 3.05) is 18.8 Å². The highest BCUT2D eigenvalue weighted by atomic mass is 32.2. The Hall–Kier alpha value is -1.04. The molecular weight excluding hydrogens is 356 g/mol. The van der Waals surface area contributed by atoms with Crippen LogP contribution in [-0.2, 0) is 4.79 Å². The third-order valence-corrected chi connectivity index (χ3v) is 7.38. The molecule has 5 atom stereocenters. The maximum atomic E-state index is 11.7. The van der Waals surface area contributed by atoms with Crippen LogP contribution in [0.15, 0.2) is 35.2 Å². The van der Waals surface area contributed by atoms with Crippen LogP contribution in [0.25, 0.3) is 0 Å². The Morgan fingerprint density at radius 1 is 1.26 bits per heavy atom. The summed E-state index contributed by atoms with van der Waals surface area (Å²) in [5.74, 6) is 2.27. The summed E-state index contributed by atoms with van der Waals surface area (Å²) in [7, 11) is 0. The zero-order chi connectivity index (χ0) is 19.2. The zero-order valence-corrected chi connectivity index (χ0v) is 17.5. The van der Waals surface area contributed by atoms with E-state index in [-0.39, 0.29) is 11.9 Å². The SMILES string of the molecule is CC(=O)NC(CSc1ccccc1)C(O)CN1C[C@H]2CCCC[C@H]2CC1C. The third-order valence-electron chi connectivity index (χ3n) is 6.25. The van der Waals surface area contributed by atoms with Gasteiger partial charge in [0.15, 0.2) is 0 Å². The minimum Gasteiger partial charge on any atom is -0.390 e. The largest absolute Gasteiger partial charge is 0.390 e. The smallest absolute Gasteiger partial charge is 0.217 e. The monoisotopic (exact) mass is 390 g/mol. The lowest BCUT2D eigenvalue weighted by Crippen LogP contribution is -2.54. The van der Waals surface area contributed by atoms with E-state index in [2.05, 4.69) is 29.3 Å². The average Bonchev–Trinajstić information content (AvgIpc) is 2.66. The van der Waals surface area contributed by atoms with Gasteiger partial charge in [0.25, 0.3) is 0 Å². The maximum absolute atomic E-state index is 11.7. The molecule has 2 fully saturated rings. The molecule has 3 unspecified atom stereocenters. The number of piperidine rings is 1. The number of amides is 1. The number of aliphatic hydroxyl groups is 1. The molecule has 27 heavy (non-hydrogen) atoms. The highest BCUT2D eigenvalue weighted by Crippen LogP contribution is 2.38. The number of hydrogen-bond donors (Lipinski definition) is 2. The van der Waals surface area contributed by atoms with Crippen LogP contribution in [0.4, 0.5) is 0 Å². The van der Waals surface area contributed by atoms with Gasteiger partial charge < -0.3 is 10.4 Å². The molecule has 0 aromatic heterocycles. The predicted molar refractivity (Wildman–Crippen MR) is 112 cm³/mol. The van der Waals surface area contributed by atoms with E-state index in [0.717, 1.165) is 23.3 Å². The van der Waals surface area contributed by atoms with Crippen LogP contribution in [0, 0.1) is 11.8 Å². The van der Waals surface area contributed by atoms with E-state index in [0.29, 0.717) is 18.3 Å². The van der Waals surface area contributed by atoms with Gasteiger partial charge in [-0.3, -0.25) is 9.69 Å². The number of benzene rings is 1. The summed E-state index contributed by atoms with van der Waals surface area (Å²) < 4.78 is 0. The van der Waals surface area contributed by atoms with Crippen LogP contribution in [-0.4, -0.2) is 52.9 Å². The first kappa shape index (κ1) is 20.7. The fourth-order valence-electron chi connectivity index (χ4n) is 4.74. The second-order valence-electron chi connectivity index (χ2n) is 8.34. The summed E-state index contributed by atoms with van der Waals surface area (Å²) >= 11 is 1.69. The van der Waals surface area contributed by atoms with Gasteiger partial charge in [0.1, 0.15) is 0 Å². The molecule has 1 aliphatic carbocycles. The second kappa shape index (κ2) is 9.94. The van der Waals surface area contributed by atoms with E-state index in [1.807, 2.05) is 18.2 Å². The number of nitrogens with zero attached hydrogens (tertiary/aromatic N) is 1. The number of thioether (sulfide) groups is 1. The number of aliphatic hydroxyl groups excluding tert-OH is 1. The highest BCUT2D eigenvalue weighted by molar-refractivity contribution is 7.99. The second-order valence-corrected chi connectivity index (χ2v) is 9.44. The molecule has 0 bridgehead atoms. The number of carbonyl (C=O) groups excluding carboxylic acids is 1. The van der Waals surface area contributed by atoms with Gasteiger partial charge in [-0.15, -0.1) is 11.8 Å². The topological polar surface area (TPSA) is 52.6 Å². The van der Waals surface area contributed by atoms with E-state index in [4.69, 9.17) is 0 Å². The van der Waals surface area contributed by atoms with Gasteiger partial charge in [-0.1, -0.05) is 37.5 Å². The quantitative estimate of drug-likeness (QED) is 0.699. The predicted octanol–water partition coefficient (Wildman–Crippen LogP) is 3.54. The molecule has 1 saturated carbocycles. The van der Waals surface area contributed by atoms with Crippen LogP contribution in [0.3, 0.4) is 0 Å². The summed E-state index contributed by atoms with van der Waals surface area (Å²) in [6.07, 6.45) is 6.16. The molecule has 1 amide bonds. The van der Waals surface area contributed by atoms with Gasteiger partial charge in [-0.25, -0.2) is 0 Å². The molecule has 5 heteroatoms. The molecule has 1 aromatic carbocycles. The molecule has 3 rings (SSSR count). The number of carbonyl (C=O) groups is 1. The molecular formula is C22H34N2O2S. The first-order chi connectivity index (χ1) is 13.0. The molecule has 150 valence electrons. The van der Waals surface area contributed by atoms with Crippen molar-refractivity contribution in [3.05, 3.63) is 30.3 Å². The minimum absolute atomic E-state index is 0.0771. The Bertz CT molecular complexity index is 597. The average molecular weight is 391 g/mol. The molecule has 1 aliphatic heterocycles. The van der Waals surface area contributed by atoms with E-state index >= 15 is 0 Å². The highest BCUT2D eigenvalue weighted by Gasteiger charge is 2.36. The fraction of sp³-hybridized carbons (Fsp3) is 0.682. The molecule has 2 aliphatic rings. The molecule has 0 radical (unpaired) electrons. The number of β-amino-alcohol motifs (C(OH)–C–C–N with tert-alkyl or cyclic N) is 1. The molecule has 1 heterocycles. The number of hydrogen-bond acceptors (Lipinski definition) is 4. The first-order valence-electron chi connectivity index (χ1n) is 10.4. The Morgan fingerprint density at radius 2 is 1.96 bits per heavy atom. The summed E-state index contributed by atoms with van der Waals surface area (Å²) in [6, 6.07) is 10.4. The van der Waals surface area contributed by atoms with Crippen LogP contribution < -0.4 is 5.32 Å². The van der Waals surface area contributed by atoms with Crippen molar-refractivity contribution in [1.29, 1.82) is 0 Å². The third kappa shape index (κ3) is 5.97. The van der Waals surface area contributed by atoms with Crippen molar-refractivity contribution in [1.82, 2.24) is 10.2 Å². The van der Waals surface area contributed by atoms with Crippen molar-refractivity contribution in [2.45, 2.75) is 69.0 Å². The van der Waals surface area contributed by atoms with Gasteiger partial charge in [-0.05, 0) is 43.7 Å². The molecule has 0 spiro atoms. The van der Waals surface area contributed by atoms with Crippen molar-refractivity contribution in [3.8, 4) is 0 Å². The van der Waals surface area contributed by atoms with Gasteiger partial charge in [-0.2, -0.15) is 0 Å². The fourth-order valence-corrected chi connectivity index (χ4v) is 5.77. The van der Waals surface area contributed by atoms with E-state index in [9.17, 15) is 9.90 Å².